The lowest BCUT2D eigenvalue weighted by atomic mass is 10.1. The maximum atomic E-state index is 11.0. The summed E-state index contributed by atoms with van der Waals surface area (Å²) in [6.45, 7) is 2.04. The van der Waals surface area contributed by atoms with Crippen molar-refractivity contribution < 1.29 is 22.6 Å². The summed E-state index contributed by atoms with van der Waals surface area (Å²) in [5.41, 5.74) is 0. The predicted octanol–water partition coefficient (Wildman–Crippen LogP) is 1.70. The second-order valence-corrected chi connectivity index (χ2v) is 6.46. The number of nitrogens with one attached hydrogen (secondary N) is 1. The lowest BCUT2D eigenvalue weighted by Crippen LogP contribution is -2.30. The topological polar surface area (TPSA) is 101 Å². The third kappa shape index (κ3) is 15.1. The van der Waals surface area contributed by atoms with Gasteiger partial charge in [0, 0.05) is 13.0 Å². The zero-order chi connectivity index (χ0) is 15.4. The summed E-state index contributed by atoms with van der Waals surface area (Å²) in [7, 11) is -4.23. The number of Topliss-reactive ketones (excluding diaryl/α,β-unsaturated/α-hetero) is 1. The van der Waals surface area contributed by atoms with E-state index in [1.54, 1.807) is 6.92 Å². The number of amides is 1. The summed E-state index contributed by atoms with van der Waals surface area (Å²) >= 11 is 0. The van der Waals surface area contributed by atoms with Gasteiger partial charge in [0.25, 0.3) is 10.1 Å². The smallest absolute Gasteiger partial charge is 0.274 e. The van der Waals surface area contributed by atoms with Crippen molar-refractivity contribution in [1.82, 2.24) is 5.32 Å². The first-order valence-corrected chi connectivity index (χ1v) is 8.63. The molecule has 0 saturated carbocycles. The highest BCUT2D eigenvalue weighted by atomic mass is 32.2. The van der Waals surface area contributed by atoms with Gasteiger partial charge in [0.2, 0.25) is 5.91 Å². The molecule has 0 heterocycles. The maximum Gasteiger partial charge on any atom is 0.274 e. The Morgan fingerprint density at radius 3 is 1.95 bits per heavy atom. The molecular formula is C13H25NO5S. The van der Waals surface area contributed by atoms with Crippen LogP contribution in [0, 0.1) is 0 Å². The van der Waals surface area contributed by atoms with Gasteiger partial charge in [0.05, 0.1) is 0 Å². The van der Waals surface area contributed by atoms with Gasteiger partial charge in [-0.15, -0.1) is 0 Å². The van der Waals surface area contributed by atoms with Crippen LogP contribution >= 0.6 is 0 Å². The van der Waals surface area contributed by atoms with E-state index in [0.29, 0.717) is 13.0 Å². The molecule has 0 aliphatic carbocycles. The van der Waals surface area contributed by atoms with E-state index in [2.05, 4.69) is 5.32 Å². The van der Waals surface area contributed by atoms with Crippen LogP contribution in [-0.4, -0.2) is 37.0 Å². The van der Waals surface area contributed by atoms with E-state index in [1.807, 2.05) is 0 Å². The molecule has 0 atom stereocenters. The van der Waals surface area contributed by atoms with Gasteiger partial charge in [-0.3, -0.25) is 9.35 Å². The summed E-state index contributed by atoms with van der Waals surface area (Å²) in [6, 6.07) is 0. The molecule has 0 unspecified atom stereocenters. The fraction of sp³-hybridized carbons (Fsp3) is 0.846. The van der Waals surface area contributed by atoms with Crippen LogP contribution in [0.5, 0.6) is 0 Å². The van der Waals surface area contributed by atoms with E-state index < -0.39 is 21.8 Å². The number of ketones is 1. The van der Waals surface area contributed by atoms with E-state index in [1.165, 1.54) is 0 Å². The summed E-state index contributed by atoms with van der Waals surface area (Å²) in [6.07, 6.45) is 7.75. The summed E-state index contributed by atoms with van der Waals surface area (Å²) in [4.78, 5) is 21.7. The number of hydrogen-bond acceptors (Lipinski definition) is 4. The standard InChI is InChI=1S/C13H25NO5S/c1-12(15)9-7-5-3-2-4-6-8-10-14-13(16)11-20(17,18)19/h2-11H2,1H3,(H,14,16)(H,17,18,19). The van der Waals surface area contributed by atoms with E-state index in [9.17, 15) is 18.0 Å². The van der Waals surface area contributed by atoms with Gasteiger partial charge in [-0.05, 0) is 19.8 Å². The van der Waals surface area contributed by atoms with Crippen LogP contribution in [0.15, 0.2) is 0 Å². The molecule has 1 amide bonds. The molecule has 20 heavy (non-hydrogen) atoms. The minimum Gasteiger partial charge on any atom is -0.355 e. The van der Waals surface area contributed by atoms with E-state index in [0.717, 1.165) is 44.9 Å². The first kappa shape index (κ1) is 19.1. The van der Waals surface area contributed by atoms with Crippen molar-refractivity contribution >= 4 is 21.8 Å². The fourth-order valence-electron chi connectivity index (χ4n) is 1.83. The molecule has 0 aliphatic heterocycles. The van der Waals surface area contributed by atoms with Crippen LogP contribution in [0.1, 0.15) is 58.3 Å². The molecule has 7 heteroatoms. The zero-order valence-corrected chi connectivity index (χ0v) is 12.9. The minimum atomic E-state index is -4.23. The number of carbonyl (C=O) groups excluding carboxylic acids is 2. The molecule has 0 aromatic rings. The number of unbranched alkanes of at least 4 members (excludes halogenated alkanes) is 6. The lowest BCUT2D eigenvalue weighted by Gasteiger charge is -2.04. The second-order valence-electron chi connectivity index (χ2n) is 5.00. The maximum absolute atomic E-state index is 11.0. The van der Waals surface area contributed by atoms with Crippen LogP contribution in [0.3, 0.4) is 0 Å². The first-order valence-electron chi connectivity index (χ1n) is 7.02. The molecule has 0 spiro atoms. The normalized spacial score (nSPS) is 11.3. The summed E-state index contributed by atoms with van der Waals surface area (Å²) in [5.74, 6) is -1.30. The van der Waals surface area contributed by atoms with Crippen molar-refractivity contribution in [3.8, 4) is 0 Å². The highest BCUT2D eigenvalue weighted by Gasteiger charge is 2.11. The van der Waals surface area contributed by atoms with Crippen LogP contribution in [0.25, 0.3) is 0 Å². The SMILES string of the molecule is CC(=O)CCCCCCCCCNC(=O)CS(=O)(=O)O. The van der Waals surface area contributed by atoms with Crippen molar-refractivity contribution in [2.24, 2.45) is 0 Å². The second kappa shape index (κ2) is 10.8. The molecule has 0 bridgehead atoms. The number of hydrogen-bond donors (Lipinski definition) is 2. The molecule has 118 valence electrons. The van der Waals surface area contributed by atoms with Gasteiger partial charge in [-0.2, -0.15) is 8.42 Å². The van der Waals surface area contributed by atoms with Gasteiger partial charge in [-0.1, -0.05) is 32.1 Å². The van der Waals surface area contributed by atoms with E-state index in [4.69, 9.17) is 4.55 Å². The minimum absolute atomic E-state index is 0.241. The van der Waals surface area contributed by atoms with Crippen molar-refractivity contribution in [1.29, 1.82) is 0 Å². The summed E-state index contributed by atoms with van der Waals surface area (Å²) in [5, 5.41) is 2.45. The zero-order valence-electron chi connectivity index (χ0n) is 12.1. The Morgan fingerprint density at radius 1 is 0.950 bits per heavy atom. The van der Waals surface area contributed by atoms with Crippen LogP contribution < -0.4 is 5.32 Å². The predicted molar refractivity (Wildman–Crippen MR) is 77.0 cm³/mol. The highest BCUT2D eigenvalue weighted by molar-refractivity contribution is 7.86. The van der Waals surface area contributed by atoms with Gasteiger partial charge in [-0.25, -0.2) is 0 Å². The number of rotatable bonds is 12. The Bertz CT molecular complexity index is 392. The van der Waals surface area contributed by atoms with Gasteiger partial charge in [0.1, 0.15) is 5.78 Å². The van der Waals surface area contributed by atoms with Gasteiger partial charge >= 0.3 is 0 Å². The molecule has 0 radical (unpaired) electrons. The molecule has 0 aliphatic rings. The fourth-order valence-corrected chi connectivity index (χ4v) is 2.26. The average Bonchev–Trinajstić information content (AvgIpc) is 2.28. The molecule has 0 fully saturated rings. The van der Waals surface area contributed by atoms with Crippen LogP contribution in [0.2, 0.25) is 0 Å². The number of carbonyl (C=O) groups is 2. The van der Waals surface area contributed by atoms with E-state index >= 15 is 0 Å². The molecule has 0 saturated heterocycles. The van der Waals surface area contributed by atoms with E-state index in [-0.39, 0.29) is 5.78 Å². The Morgan fingerprint density at radius 2 is 1.45 bits per heavy atom. The van der Waals surface area contributed by atoms with Crippen molar-refractivity contribution in [2.45, 2.75) is 58.3 Å². The third-order valence-corrected chi connectivity index (χ3v) is 3.47. The van der Waals surface area contributed by atoms with Crippen molar-refractivity contribution in [3.05, 3.63) is 0 Å². The molecule has 0 aromatic carbocycles. The van der Waals surface area contributed by atoms with Crippen LogP contribution in [0.4, 0.5) is 0 Å². The molecule has 6 nitrogen and oxygen atoms in total. The van der Waals surface area contributed by atoms with Gasteiger partial charge < -0.3 is 10.1 Å². The quantitative estimate of drug-likeness (QED) is 0.422. The largest absolute Gasteiger partial charge is 0.355 e. The lowest BCUT2D eigenvalue weighted by molar-refractivity contribution is -0.119. The Balaban J connectivity index is 3.29. The van der Waals surface area contributed by atoms with Crippen molar-refractivity contribution in [2.75, 3.05) is 12.3 Å². The Labute approximate surface area is 121 Å². The first-order chi connectivity index (χ1) is 9.31. The molecule has 0 aromatic heterocycles. The Kier molecular flexibility index (Phi) is 10.3. The highest BCUT2D eigenvalue weighted by Crippen LogP contribution is 2.08. The monoisotopic (exact) mass is 307 g/mol. The molecule has 0 rings (SSSR count). The third-order valence-electron chi connectivity index (χ3n) is 2.84. The Hall–Kier alpha value is -0.950. The molecule has 2 N–H and O–H groups in total. The van der Waals surface area contributed by atoms with Crippen molar-refractivity contribution in [3.63, 3.8) is 0 Å². The molecular weight excluding hydrogens is 282 g/mol. The van der Waals surface area contributed by atoms with Gasteiger partial charge in [0.15, 0.2) is 5.75 Å². The summed E-state index contributed by atoms with van der Waals surface area (Å²) < 4.78 is 29.3. The van der Waals surface area contributed by atoms with Crippen LogP contribution in [-0.2, 0) is 19.7 Å². The average molecular weight is 307 g/mol.